The molecule has 0 saturated heterocycles. The molecule has 2 heterocycles. The number of nitrogens with one attached hydrogen (secondary N) is 1. The normalized spacial score (nSPS) is 13.7. The van der Waals surface area contributed by atoms with Gasteiger partial charge in [0.2, 0.25) is 0 Å². The van der Waals surface area contributed by atoms with Crippen LogP contribution in [0.4, 0.5) is 14.5 Å². The third-order valence-electron chi connectivity index (χ3n) is 4.05. The first-order valence-corrected chi connectivity index (χ1v) is 7.78. The molecule has 0 atom stereocenters. The Labute approximate surface area is 143 Å². The van der Waals surface area contributed by atoms with E-state index in [1.807, 2.05) is 35.4 Å². The van der Waals surface area contributed by atoms with Crippen molar-refractivity contribution in [1.82, 2.24) is 15.1 Å². The third kappa shape index (κ3) is 3.21. The van der Waals surface area contributed by atoms with E-state index in [2.05, 4.69) is 15.3 Å². The number of hydrogen-bond acceptors (Lipinski definition) is 4. The SMILES string of the molecule is Fc1ccc(F)c(CN2C=NN(c3ccc(-c4cn[nH]c4)cc3)C2)c1. The zero-order valence-corrected chi connectivity index (χ0v) is 13.2. The second-order valence-electron chi connectivity index (χ2n) is 5.79. The molecule has 5 nitrogen and oxygen atoms in total. The van der Waals surface area contributed by atoms with Crippen molar-refractivity contribution in [2.24, 2.45) is 5.10 Å². The van der Waals surface area contributed by atoms with Gasteiger partial charge in [-0.2, -0.15) is 10.2 Å². The molecule has 0 amide bonds. The van der Waals surface area contributed by atoms with Crippen molar-refractivity contribution in [3.63, 3.8) is 0 Å². The molecule has 25 heavy (non-hydrogen) atoms. The first kappa shape index (κ1) is 15.3. The van der Waals surface area contributed by atoms with E-state index in [0.29, 0.717) is 12.2 Å². The Bertz CT molecular complexity index is 890. The molecular formula is C18H15F2N5. The van der Waals surface area contributed by atoms with E-state index >= 15 is 0 Å². The standard InChI is InChI=1S/C18H15F2N5/c19-16-3-6-18(20)14(7-16)10-24-11-23-25(12-24)17-4-1-13(2-5-17)15-8-21-22-9-15/h1-9,11H,10,12H2,(H,21,22). The van der Waals surface area contributed by atoms with Crippen LogP contribution in [0.3, 0.4) is 0 Å². The van der Waals surface area contributed by atoms with Crippen molar-refractivity contribution >= 4 is 12.0 Å². The van der Waals surface area contributed by atoms with E-state index in [4.69, 9.17) is 0 Å². The summed E-state index contributed by atoms with van der Waals surface area (Å²) in [5.41, 5.74) is 3.30. The highest BCUT2D eigenvalue weighted by molar-refractivity contribution is 5.67. The largest absolute Gasteiger partial charge is 0.337 e. The number of anilines is 1. The summed E-state index contributed by atoms with van der Waals surface area (Å²) in [6.07, 6.45) is 5.23. The molecule has 4 rings (SSSR count). The predicted octanol–water partition coefficient (Wildman–Crippen LogP) is 3.58. The summed E-state index contributed by atoms with van der Waals surface area (Å²) < 4.78 is 27.0. The van der Waals surface area contributed by atoms with Crippen LogP contribution in [-0.2, 0) is 6.54 Å². The van der Waals surface area contributed by atoms with Gasteiger partial charge < -0.3 is 4.90 Å². The molecule has 0 fully saturated rings. The van der Waals surface area contributed by atoms with Gasteiger partial charge in [0.15, 0.2) is 0 Å². The van der Waals surface area contributed by atoms with Gasteiger partial charge in [-0.1, -0.05) is 12.1 Å². The van der Waals surface area contributed by atoms with E-state index in [9.17, 15) is 8.78 Å². The van der Waals surface area contributed by atoms with E-state index < -0.39 is 11.6 Å². The van der Waals surface area contributed by atoms with Crippen molar-refractivity contribution in [3.05, 3.63) is 72.1 Å². The van der Waals surface area contributed by atoms with Gasteiger partial charge in [0.1, 0.15) is 24.6 Å². The van der Waals surface area contributed by atoms with Crippen LogP contribution in [0.25, 0.3) is 11.1 Å². The Kier molecular flexibility index (Phi) is 3.89. The molecule has 1 aromatic heterocycles. The van der Waals surface area contributed by atoms with Crippen molar-refractivity contribution in [3.8, 4) is 11.1 Å². The minimum Gasteiger partial charge on any atom is -0.337 e. The maximum atomic E-state index is 13.8. The van der Waals surface area contributed by atoms with Gasteiger partial charge in [-0.05, 0) is 35.9 Å². The molecule has 0 spiro atoms. The molecule has 0 aliphatic carbocycles. The number of rotatable bonds is 4. The number of halogens is 2. The number of aromatic nitrogens is 2. The van der Waals surface area contributed by atoms with Gasteiger partial charge in [0, 0.05) is 23.9 Å². The molecule has 3 aromatic rings. The zero-order chi connectivity index (χ0) is 17.2. The molecule has 1 aliphatic heterocycles. The lowest BCUT2D eigenvalue weighted by Crippen LogP contribution is -2.26. The van der Waals surface area contributed by atoms with Crippen LogP contribution in [0.2, 0.25) is 0 Å². The summed E-state index contributed by atoms with van der Waals surface area (Å²) in [6.45, 7) is 0.734. The van der Waals surface area contributed by atoms with Crippen LogP contribution < -0.4 is 5.01 Å². The number of nitrogens with zero attached hydrogens (tertiary/aromatic N) is 4. The molecule has 1 N–H and O–H groups in total. The molecule has 1 aliphatic rings. The summed E-state index contributed by atoms with van der Waals surface area (Å²) in [4.78, 5) is 1.82. The van der Waals surface area contributed by atoms with Crippen LogP contribution in [-0.4, -0.2) is 28.1 Å². The second-order valence-corrected chi connectivity index (χ2v) is 5.79. The quantitative estimate of drug-likeness (QED) is 0.790. The Balaban J connectivity index is 1.44. The highest BCUT2D eigenvalue weighted by Crippen LogP contribution is 2.24. The smallest absolute Gasteiger partial charge is 0.128 e. The van der Waals surface area contributed by atoms with Crippen LogP contribution in [0.15, 0.2) is 60.0 Å². The Morgan fingerprint density at radius 2 is 1.88 bits per heavy atom. The van der Waals surface area contributed by atoms with Gasteiger partial charge in [-0.25, -0.2) is 13.8 Å². The lowest BCUT2D eigenvalue weighted by molar-refractivity contribution is 0.436. The fourth-order valence-corrected chi connectivity index (χ4v) is 2.74. The van der Waals surface area contributed by atoms with E-state index in [1.165, 1.54) is 6.07 Å². The topological polar surface area (TPSA) is 47.5 Å². The van der Waals surface area contributed by atoms with E-state index in [1.54, 1.807) is 17.5 Å². The number of hydrazone groups is 1. The number of H-pyrrole nitrogens is 1. The van der Waals surface area contributed by atoms with Crippen LogP contribution in [0, 0.1) is 11.6 Å². The number of aromatic amines is 1. The zero-order valence-electron chi connectivity index (χ0n) is 13.2. The molecule has 0 bridgehead atoms. The average Bonchev–Trinajstić information content (AvgIpc) is 3.30. The summed E-state index contributed by atoms with van der Waals surface area (Å²) >= 11 is 0. The number of hydrogen-bond donors (Lipinski definition) is 1. The summed E-state index contributed by atoms with van der Waals surface area (Å²) in [6, 6.07) is 11.4. The van der Waals surface area contributed by atoms with Crippen molar-refractivity contribution < 1.29 is 8.78 Å². The summed E-state index contributed by atoms with van der Waals surface area (Å²) in [7, 11) is 0. The van der Waals surface area contributed by atoms with Crippen LogP contribution in [0.1, 0.15) is 5.56 Å². The van der Waals surface area contributed by atoms with Crippen LogP contribution in [0.5, 0.6) is 0 Å². The van der Waals surface area contributed by atoms with Gasteiger partial charge in [0.25, 0.3) is 0 Å². The Hall–Kier alpha value is -3.22. The molecule has 0 radical (unpaired) electrons. The monoisotopic (exact) mass is 339 g/mol. The van der Waals surface area contributed by atoms with Crippen molar-refractivity contribution in [2.45, 2.75) is 6.54 Å². The lowest BCUT2D eigenvalue weighted by atomic mass is 10.1. The highest BCUT2D eigenvalue weighted by Gasteiger charge is 2.17. The Morgan fingerprint density at radius 3 is 2.64 bits per heavy atom. The average molecular weight is 339 g/mol. The molecule has 0 unspecified atom stereocenters. The molecular weight excluding hydrogens is 324 g/mol. The summed E-state index contributed by atoms with van der Waals surface area (Å²) in [5.74, 6) is -0.864. The van der Waals surface area contributed by atoms with Crippen LogP contribution >= 0.6 is 0 Å². The van der Waals surface area contributed by atoms with Gasteiger partial charge in [-0.15, -0.1) is 0 Å². The minimum absolute atomic E-state index is 0.261. The molecule has 0 saturated carbocycles. The molecule has 126 valence electrons. The number of benzene rings is 2. The minimum atomic E-state index is -0.445. The van der Waals surface area contributed by atoms with E-state index in [0.717, 1.165) is 28.9 Å². The van der Waals surface area contributed by atoms with E-state index in [-0.39, 0.29) is 6.54 Å². The summed E-state index contributed by atoms with van der Waals surface area (Å²) in [5, 5.41) is 12.9. The van der Waals surface area contributed by atoms with Gasteiger partial charge in [-0.3, -0.25) is 5.10 Å². The Morgan fingerprint density at radius 1 is 1.04 bits per heavy atom. The van der Waals surface area contributed by atoms with Crippen molar-refractivity contribution in [2.75, 3.05) is 11.7 Å². The highest BCUT2D eigenvalue weighted by atomic mass is 19.1. The fraction of sp³-hybridized carbons (Fsp3) is 0.111. The second kappa shape index (κ2) is 6.35. The van der Waals surface area contributed by atoms with Gasteiger partial charge in [0.05, 0.1) is 11.9 Å². The fourth-order valence-electron chi connectivity index (χ4n) is 2.74. The maximum Gasteiger partial charge on any atom is 0.128 e. The van der Waals surface area contributed by atoms with Gasteiger partial charge >= 0.3 is 0 Å². The molecule has 2 aromatic carbocycles. The first-order valence-electron chi connectivity index (χ1n) is 7.78. The first-order chi connectivity index (χ1) is 12.2. The predicted molar refractivity (Wildman–Crippen MR) is 91.8 cm³/mol. The maximum absolute atomic E-state index is 13.8. The third-order valence-corrected chi connectivity index (χ3v) is 4.05. The van der Waals surface area contributed by atoms with Crippen molar-refractivity contribution in [1.29, 1.82) is 0 Å². The lowest BCUT2D eigenvalue weighted by Gasteiger charge is -2.19. The molecule has 7 heteroatoms.